The van der Waals surface area contributed by atoms with E-state index in [2.05, 4.69) is 45.6 Å². The third kappa shape index (κ3) is 5.76. The molecule has 1 atom stereocenters. The van der Waals surface area contributed by atoms with Crippen molar-refractivity contribution in [3.8, 4) is 5.75 Å². The number of aromatic nitrogens is 1. The van der Waals surface area contributed by atoms with Crippen LogP contribution in [0.5, 0.6) is 5.75 Å². The van der Waals surface area contributed by atoms with Crippen molar-refractivity contribution < 1.29 is 9.26 Å². The Hall–Kier alpha value is -1.97. The molecule has 7 nitrogen and oxygen atoms in total. The van der Waals surface area contributed by atoms with Gasteiger partial charge in [0.1, 0.15) is 12.3 Å². The van der Waals surface area contributed by atoms with Gasteiger partial charge in [0.2, 0.25) is 0 Å². The van der Waals surface area contributed by atoms with Crippen molar-refractivity contribution in [2.24, 2.45) is 4.99 Å². The summed E-state index contributed by atoms with van der Waals surface area (Å²) >= 11 is 0. The molecule has 154 valence electrons. The number of hydrogen-bond donors (Lipinski definition) is 2. The Morgan fingerprint density at radius 3 is 2.89 bits per heavy atom. The lowest BCUT2D eigenvalue weighted by Gasteiger charge is -2.22. The van der Waals surface area contributed by atoms with Crippen molar-refractivity contribution in [1.82, 2.24) is 15.8 Å². The summed E-state index contributed by atoms with van der Waals surface area (Å²) in [4.78, 5) is 7.00. The van der Waals surface area contributed by atoms with E-state index in [0.29, 0.717) is 12.6 Å². The topological polar surface area (TPSA) is 74.9 Å². The highest BCUT2D eigenvalue weighted by Gasteiger charge is 2.25. The number of nitrogens with zero attached hydrogens (tertiary/aromatic N) is 3. The van der Waals surface area contributed by atoms with E-state index >= 15 is 0 Å². The number of hydrogen-bond acceptors (Lipinski definition) is 5. The van der Waals surface area contributed by atoms with Crippen molar-refractivity contribution in [1.29, 1.82) is 0 Å². The number of aliphatic imine (C=N–C) groups is 1. The first-order chi connectivity index (χ1) is 13.2. The normalized spacial score (nSPS) is 16.6. The van der Waals surface area contributed by atoms with Gasteiger partial charge in [0, 0.05) is 31.7 Å². The van der Waals surface area contributed by atoms with Gasteiger partial charge in [0.15, 0.2) is 11.7 Å². The number of anilines is 1. The third-order valence-electron chi connectivity index (χ3n) is 4.66. The van der Waals surface area contributed by atoms with Gasteiger partial charge in [-0.1, -0.05) is 24.2 Å². The molecule has 2 aromatic rings. The van der Waals surface area contributed by atoms with Crippen molar-refractivity contribution in [3.05, 3.63) is 41.8 Å². The van der Waals surface area contributed by atoms with Gasteiger partial charge in [-0.15, -0.1) is 24.0 Å². The summed E-state index contributed by atoms with van der Waals surface area (Å²) in [6.45, 7) is 7.31. The van der Waals surface area contributed by atoms with Crippen LogP contribution in [-0.4, -0.2) is 43.9 Å². The van der Waals surface area contributed by atoms with Crippen molar-refractivity contribution in [2.75, 3.05) is 31.6 Å². The van der Waals surface area contributed by atoms with E-state index in [1.54, 1.807) is 7.11 Å². The average molecular weight is 499 g/mol. The van der Waals surface area contributed by atoms with E-state index in [0.717, 1.165) is 61.3 Å². The molecule has 0 aliphatic carbocycles. The Labute approximate surface area is 183 Å². The fourth-order valence-corrected chi connectivity index (χ4v) is 3.26. The second kappa shape index (κ2) is 11.1. The quantitative estimate of drug-likeness (QED) is 0.347. The molecule has 1 unspecified atom stereocenters. The fourth-order valence-electron chi connectivity index (χ4n) is 3.26. The highest BCUT2D eigenvalue weighted by atomic mass is 127. The van der Waals surface area contributed by atoms with E-state index in [1.165, 1.54) is 0 Å². The SMILES string of the molecule is CCNC(=NCc1cc(CC)no1)NC1CCN(c2ccccc2OC)C1.I. The standard InChI is InChI=1S/C20H29N5O2.HI/c1-4-15-12-17(27-24-15)13-22-20(21-5-2)23-16-10-11-25(14-16)18-8-6-7-9-19(18)26-3;/h6-9,12,16H,4-5,10-11,13-14H2,1-3H3,(H2,21,22,23);1H. The summed E-state index contributed by atoms with van der Waals surface area (Å²) < 4.78 is 10.8. The number of rotatable bonds is 7. The summed E-state index contributed by atoms with van der Waals surface area (Å²) in [7, 11) is 1.72. The molecule has 2 N–H and O–H groups in total. The van der Waals surface area contributed by atoms with Gasteiger partial charge in [-0.2, -0.15) is 0 Å². The summed E-state index contributed by atoms with van der Waals surface area (Å²) in [5.41, 5.74) is 2.10. The molecule has 0 radical (unpaired) electrons. The van der Waals surface area contributed by atoms with Gasteiger partial charge in [-0.3, -0.25) is 0 Å². The van der Waals surface area contributed by atoms with Crippen LogP contribution in [-0.2, 0) is 13.0 Å². The van der Waals surface area contributed by atoms with Crippen LogP contribution in [0.1, 0.15) is 31.7 Å². The van der Waals surface area contributed by atoms with Gasteiger partial charge in [0.25, 0.3) is 0 Å². The molecule has 1 fully saturated rings. The van der Waals surface area contributed by atoms with Crippen LogP contribution in [0.4, 0.5) is 5.69 Å². The van der Waals surface area contributed by atoms with Gasteiger partial charge in [-0.05, 0) is 31.9 Å². The highest BCUT2D eigenvalue weighted by Crippen LogP contribution is 2.30. The minimum Gasteiger partial charge on any atom is -0.495 e. The van der Waals surface area contributed by atoms with Crippen LogP contribution in [0.25, 0.3) is 0 Å². The molecular weight excluding hydrogens is 469 g/mol. The minimum atomic E-state index is 0. The maximum atomic E-state index is 5.50. The minimum absolute atomic E-state index is 0. The van der Waals surface area contributed by atoms with E-state index in [-0.39, 0.29) is 24.0 Å². The number of aryl methyl sites for hydroxylation is 1. The first-order valence-corrected chi connectivity index (χ1v) is 9.60. The second-order valence-electron chi connectivity index (χ2n) is 6.58. The Morgan fingerprint density at radius 2 is 2.18 bits per heavy atom. The van der Waals surface area contributed by atoms with E-state index < -0.39 is 0 Å². The molecule has 0 spiro atoms. The predicted octanol–water partition coefficient (Wildman–Crippen LogP) is 3.20. The molecule has 0 saturated carbocycles. The van der Waals surface area contributed by atoms with Gasteiger partial charge >= 0.3 is 0 Å². The zero-order valence-corrected chi connectivity index (χ0v) is 19.1. The number of methoxy groups -OCH3 is 1. The van der Waals surface area contributed by atoms with Crippen molar-refractivity contribution in [3.63, 3.8) is 0 Å². The molecule has 8 heteroatoms. The number of halogens is 1. The zero-order chi connectivity index (χ0) is 19.1. The fraction of sp³-hybridized carbons (Fsp3) is 0.500. The lowest BCUT2D eigenvalue weighted by atomic mass is 10.2. The monoisotopic (exact) mass is 499 g/mol. The predicted molar refractivity (Wildman–Crippen MR) is 123 cm³/mol. The molecule has 28 heavy (non-hydrogen) atoms. The molecule has 1 aromatic carbocycles. The molecule has 0 amide bonds. The number of guanidine groups is 1. The van der Waals surface area contributed by atoms with Crippen LogP contribution in [0.2, 0.25) is 0 Å². The van der Waals surface area contributed by atoms with E-state index in [4.69, 9.17) is 9.26 Å². The summed E-state index contributed by atoms with van der Waals surface area (Å²) in [6.07, 6.45) is 1.91. The van der Waals surface area contributed by atoms with Crippen molar-refractivity contribution in [2.45, 2.75) is 39.3 Å². The molecule has 3 rings (SSSR count). The molecular formula is C20H30IN5O2. The van der Waals surface area contributed by atoms with Crippen LogP contribution >= 0.6 is 24.0 Å². The van der Waals surface area contributed by atoms with Gasteiger partial charge in [-0.25, -0.2) is 4.99 Å². The largest absolute Gasteiger partial charge is 0.495 e. The first kappa shape index (κ1) is 22.3. The smallest absolute Gasteiger partial charge is 0.191 e. The summed E-state index contributed by atoms with van der Waals surface area (Å²) in [5, 5.41) is 10.9. The Kier molecular flexibility index (Phi) is 8.88. The van der Waals surface area contributed by atoms with Crippen LogP contribution < -0.4 is 20.3 Å². The van der Waals surface area contributed by atoms with Crippen LogP contribution in [0.3, 0.4) is 0 Å². The number of para-hydroxylation sites is 2. The molecule has 1 aliphatic rings. The maximum absolute atomic E-state index is 5.50. The Morgan fingerprint density at radius 1 is 1.36 bits per heavy atom. The first-order valence-electron chi connectivity index (χ1n) is 9.60. The highest BCUT2D eigenvalue weighted by molar-refractivity contribution is 14.0. The zero-order valence-electron chi connectivity index (χ0n) is 16.8. The summed E-state index contributed by atoms with van der Waals surface area (Å²) in [6, 6.07) is 10.4. The van der Waals surface area contributed by atoms with E-state index in [1.807, 2.05) is 24.3 Å². The van der Waals surface area contributed by atoms with Gasteiger partial charge in [0.05, 0.1) is 18.5 Å². The van der Waals surface area contributed by atoms with Gasteiger partial charge < -0.3 is 24.8 Å². The maximum Gasteiger partial charge on any atom is 0.191 e. The van der Waals surface area contributed by atoms with Crippen molar-refractivity contribution >= 4 is 35.6 Å². The van der Waals surface area contributed by atoms with E-state index in [9.17, 15) is 0 Å². The van der Waals surface area contributed by atoms with Crippen LogP contribution in [0, 0.1) is 0 Å². The average Bonchev–Trinajstić information content (AvgIpc) is 3.35. The lowest BCUT2D eigenvalue weighted by molar-refractivity contribution is 0.379. The Balaban J connectivity index is 0.00000280. The Bertz CT molecular complexity index is 765. The molecule has 2 heterocycles. The second-order valence-corrected chi connectivity index (χ2v) is 6.58. The molecule has 1 saturated heterocycles. The van der Waals surface area contributed by atoms with Crippen LogP contribution in [0.15, 0.2) is 39.8 Å². The number of benzene rings is 1. The number of nitrogens with one attached hydrogen (secondary N) is 2. The molecule has 1 aromatic heterocycles. The molecule has 1 aliphatic heterocycles. The molecule has 0 bridgehead atoms. The summed E-state index contributed by atoms with van der Waals surface area (Å²) in [5.74, 6) is 2.50. The number of ether oxygens (including phenoxy) is 1. The third-order valence-corrected chi connectivity index (χ3v) is 4.66. The lowest BCUT2D eigenvalue weighted by Crippen LogP contribution is -2.44.